The lowest BCUT2D eigenvalue weighted by Crippen LogP contribution is -2.31. The molecule has 0 spiro atoms. The molecule has 1 rings (SSSR count). The van der Waals surface area contributed by atoms with Crippen LogP contribution in [0.3, 0.4) is 0 Å². The number of aryl methyl sites for hydroxylation is 2. The average molecular weight is 266 g/mol. The normalized spacial score (nSPS) is 12.5. The van der Waals surface area contributed by atoms with Crippen molar-refractivity contribution in [1.29, 1.82) is 0 Å². The zero-order valence-electron chi connectivity index (χ0n) is 12.5. The molecule has 0 aromatic carbocycles. The van der Waals surface area contributed by atoms with Gasteiger partial charge in [0.25, 0.3) is 5.91 Å². The molecule has 0 aliphatic heterocycles. The van der Waals surface area contributed by atoms with Gasteiger partial charge in [0.05, 0.1) is 11.3 Å². The number of nitrogens with one attached hydrogen (secondary N) is 1. The van der Waals surface area contributed by atoms with Crippen LogP contribution < -0.4 is 11.1 Å². The minimum atomic E-state index is -0.0266. The van der Waals surface area contributed by atoms with E-state index in [9.17, 15) is 4.79 Å². The van der Waals surface area contributed by atoms with Gasteiger partial charge >= 0.3 is 0 Å². The van der Waals surface area contributed by atoms with Crippen LogP contribution in [0.25, 0.3) is 0 Å². The van der Waals surface area contributed by atoms with Gasteiger partial charge in [-0.15, -0.1) is 0 Å². The summed E-state index contributed by atoms with van der Waals surface area (Å²) in [7, 11) is 1.85. The van der Waals surface area contributed by atoms with Gasteiger partial charge in [0.15, 0.2) is 0 Å². The second kappa shape index (κ2) is 7.28. The van der Waals surface area contributed by atoms with E-state index in [2.05, 4.69) is 17.3 Å². The van der Waals surface area contributed by atoms with Gasteiger partial charge in [-0.25, -0.2) is 0 Å². The van der Waals surface area contributed by atoms with Gasteiger partial charge in [-0.2, -0.15) is 5.10 Å². The summed E-state index contributed by atoms with van der Waals surface area (Å²) in [6.07, 6.45) is 3.17. The molecule has 0 bridgehead atoms. The van der Waals surface area contributed by atoms with Crippen molar-refractivity contribution in [3.8, 4) is 0 Å². The van der Waals surface area contributed by atoms with E-state index in [1.54, 1.807) is 4.68 Å². The van der Waals surface area contributed by atoms with E-state index >= 15 is 0 Å². The summed E-state index contributed by atoms with van der Waals surface area (Å²) >= 11 is 0. The molecular formula is C14H26N4O. The smallest absolute Gasteiger partial charge is 0.255 e. The van der Waals surface area contributed by atoms with Crippen molar-refractivity contribution in [3.05, 3.63) is 17.0 Å². The Morgan fingerprint density at radius 2 is 2.11 bits per heavy atom. The van der Waals surface area contributed by atoms with Gasteiger partial charge in [0.1, 0.15) is 0 Å². The van der Waals surface area contributed by atoms with Crippen LogP contribution in [0.1, 0.15) is 47.9 Å². The van der Waals surface area contributed by atoms with E-state index < -0.39 is 0 Å². The summed E-state index contributed by atoms with van der Waals surface area (Å²) in [6, 6.07) is 0. The molecule has 5 nitrogen and oxygen atoms in total. The van der Waals surface area contributed by atoms with Crippen LogP contribution in [-0.4, -0.2) is 28.8 Å². The van der Waals surface area contributed by atoms with Crippen molar-refractivity contribution in [2.75, 3.05) is 13.1 Å². The predicted molar refractivity (Wildman–Crippen MR) is 77.1 cm³/mol. The predicted octanol–water partition coefficient (Wildman–Crippen LogP) is 1.53. The highest BCUT2D eigenvalue weighted by molar-refractivity contribution is 5.96. The zero-order valence-corrected chi connectivity index (χ0v) is 12.5. The summed E-state index contributed by atoms with van der Waals surface area (Å²) in [6.45, 7) is 7.30. The van der Waals surface area contributed by atoms with Crippen LogP contribution in [0.4, 0.5) is 0 Å². The summed E-state index contributed by atoms with van der Waals surface area (Å²) in [5.74, 6) is 0.442. The minimum Gasteiger partial charge on any atom is -0.352 e. The number of hydrogen-bond acceptors (Lipinski definition) is 3. The van der Waals surface area contributed by atoms with E-state index in [1.807, 2.05) is 20.9 Å². The fourth-order valence-electron chi connectivity index (χ4n) is 2.42. The van der Waals surface area contributed by atoms with Crippen molar-refractivity contribution in [3.63, 3.8) is 0 Å². The number of nitrogens with two attached hydrogens (primary N) is 1. The first kappa shape index (κ1) is 15.7. The molecule has 1 unspecified atom stereocenters. The van der Waals surface area contributed by atoms with Gasteiger partial charge in [-0.1, -0.05) is 13.3 Å². The van der Waals surface area contributed by atoms with Crippen LogP contribution in [0.2, 0.25) is 0 Å². The maximum Gasteiger partial charge on any atom is 0.255 e. The molecule has 0 aliphatic rings. The Labute approximate surface area is 115 Å². The summed E-state index contributed by atoms with van der Waals surface area (Å²) in [5.41, 5.74) is 7.99. The fourth-order valence-corrected chi connectivity index (χ4v) is 2.42. The van der Waals surface area contributed by atoms with E-state index in [1.165, 1.54) is 0 Å². The summed E-state index contributed by atoms with van der Waals surface area (Å²) in [4.78, 5) is 12.2. The number of hydrogen-bond donors (Lipinski definition) is 2. The first-order chi connectivity index (χ1) is 9.01. The van der Waals surface area contributed by atoms with Gasteiger partial charge in [-0.3, -0.25) is 9.48 Å². The van der Waals surface area contributed by atoms with Crippen LogP contribution in [0.15, 0.2) is 0 Å². The van der Waals surface area contributed by atoms with Crippen molar-refractivity contribution >= 4 is 5.91 Å². The molecule has 3 N–H and O–H groups in total. The van der Waals surface area contributed by atoms with Crippen molar-refractivity contribution in [1.82, 2.24) is 15.1 Å². The van der Waals surface area contributed by atoms with Crippen molar-refractivity contribution in [2.45, 2.75) is 40.0 Å². The van der Waals surface area contributed by atoms with Crippen LogP contribution in [0.5, 0.6) is 0 Å². The van der Waals surface area contributed by atoms with E-state index in [4.69, 9.17) is 5.73 Å². The second-order valence-corrected chi connectivity index (χ2v) is 5.11. The third kappa shape index (κ3) is 4.06. The number of carbonyl (C=O) groups is 1. The third-order valence-electron chi connectivity index (χ3n) is 3.56. The molecule has 0 radical (unpaired) electrons. The monoisotopic (exact) mass is 266 g/mol. The molecule has 108 valence electrons. The highest BCUT2D eigenvalue weighted by Crippen LogP contribution is 2.13. The SMILES string of the molecule is CCCC(CCN)CNC(=O)c1c(C)nn(C)c1C. The Kier molecular flexibility index (Phi) is 6.02. The third-order valence-corrected chi connectivity index (χ3v) is 3.56. The summed E-state index contributed by atoms with van der Waals surface area (Å²) in [5, 5.41) is 7.28. The highest BCUT2D eigenvalue weighted by atomic mass is 16.1. The highest BCUT2D eigenvalue weighted by Gasteiger charge is 2.18. The number of amides is 1. The number of aromatic nitrogens is 2. The lowest BCUT2D eigenvalue weighted by atomic mass is 9.99. The lowest BCUT2D eigenvalue weighted by Gasteiger charge is -2.16. The Hall–Kier alpha value is -1.36. The molecule has 0 saturated carbocycles. The standard InChI is InChI=1S/C14H26N4O/c1-5-6-12(7-8-15)9-16-14(19)13-10(2)17-18(4)11(13)3/h12H,5-9,15H2,1-4H3,(H,16,19). The molecule has 1 heterocycles. The molecular weight excluding hydrogens is 240 g/mol. The average Bonchev–Trinajstić information content (AvgIpc) is 2.61. The fraction of sp³-hybridized carbons (Fsp3) is 0.714. The Morgan fingerprint density at radius 3 is 2.58 bits per heavy atom. The maximum atomic E-state index is 12.2. The minimum absolute atomic E-state index is 0.0266. The molecule has 1 aromatic heterocycles. The molecule has 19 heavy (non-hydrogen) atoms. The van der Waals surface area contributed by atoms with Crippen LogP contribution >= 0.6 is 0 Å². The number of carbonyl (C=O) groups excluding carboxylic acids is 1. The molecule has 0 saturated heterocycles. The van der Waals surface area contributed by atoms with Gasteiger partial charge in [0, 0.05) is 19.3 Å². The quantitative estimate of drug-likeness (QED) is 0.786. The Morgan fingerprint density at radius 1 is 1.42 bits per heavy atom. The zero-order chi connectivity index (χ0) is 14.4. The summed E-state index contributed by atoms with van der Waals surface area (Å²) < 4.78 is 1.74. The first-order valence-electron chi connectivity index (χ1n) is 6.99. The van der Waals surface area contributed by atoms with E-state index in [0.29, 0.717) is 24.6 Å². The van der Waals surface area contributed by atoms with Gasteiger partial charge in [-0.05, 0) is 39.2 Å². The Bertz CT molecular complexity index is 419. The number of nitrogens with zero attached hydrogens (tertiary/aromatic N) is 2. The van der Waals surface area contributed by atoms with Gasteiger partial charge < -0.3 is 11.1 Å². The van der Waals surface area contributed by atoms with Crippen molar-refractivity contribution in [2.24, 2.45) is 18.7 Å². The molecule has 5 heteroatoms. The molecule has 0 fully saturated rings. The van der Waals surface area contributed by atoms with E-state index in [-0.39, 0.29) is 5.91 Å². The van der Waals surface area contributed by atoms with Crippen molar-refractivity contribution < 1.29 is 4.79 Å². The van der Waals surface area contributed by atoms with E-state index in [0.717, 1.165) is 30.7 Å². The van der Waals surface area contributed by atoms with Crippen LogP contribution in [0, 0.1) is 19.8 Å². The second-order valence-electron chi connectivity index (χ2n) is 5.11. The lowest BCUT2D eigenvalue weighted by molar-refractivity contribution is 0.0944. The topological polar surface area (TPSA) is 72.9 Å². The molecule has 1 amide bonds. The molecule has 1 aromatic rings. The van der Waals surface area contributed by atoms with Gasteiger partial charge in [0.2, 0.25) is 0 Å². The number of rotatable bonds is 7. The first-order valence-corrected chi connectivity index (χ1v) is 6.99. The Balaban J connectivity index is 2.64. The van der Waals surface area contributed by atoms with Crippen LogP contribution in [-0.2, 0) is 7.05 Å². The maximum absolute atomic E-state index is 12.2. The molecule has 1 atom stereocenters. The molecule has 0 aliphatic carbocycles. The largest absolute Gasteiger partial charge is 0.352 e.